The largest absolute Gasteiger partial charge is 0.478 e. The van der Waals surface area contributed by atoms with E-state index in [1.165, 1.54) is 22.3 Å². The Morgan fingerprint density at radius 1 is 0.821 bits per heavy atom. The van der Waals surface area contributed by atoms with Gasteiger partial charge in [-0.3, -0.25) is 0 Å². The molecule has 0 radical (unpaired) electrons. The molecule has 2 aromatic carbocycles. The van der Waals surface area contributed by atoms with Crippen LogP contribution in [0, 0.1) is 5.41 Å². The summed E-state index contributed by atoms with van der Waals surface area (Å²) in [5, 5.41) is 9.85. The molecule has 1 atom stereocenters. The van der Waals surface area contributed by atoms with Crippen LogP contribution in [0.5, 0.6) is 0 Å². The summed E-state index contributed by atoms with van der Waals surface area (Å²) in [4.78, 5) is 12.0. The van der Waals surface area contributed by atoms with Crippen molar-refractivity contribution in [1.29, 1.82) is 0 Å². The Bertz CT molecular complexity index is 1280. The third-order valence-corrected chi connectivity index (χ3v) is 6.17. The number of allylic oxidation sites excluding steroid dienone is 8. The monoisotopic (exact) mass is 360 g/mol. The summed E-state index contributed by atoms with van der Waals surface area (Å²) in [6.45, 7) is 0. The van der Waals surface area contributed by atoms with E-state index < -0.39 is 11.4 Å². The molecule has 1 unspecified atom stereocenters. The zero-order chi connectivity index (χ0) is 18.9. The lowest BCUT2D eigenvalue weighted by Gasteiger charge is -2.37. The van der Waals surface area contributed by atoms with Crippen molar-refractivity contribution in [3.05, 3.63) is 118 Å². The van der Waals surface area contributed by atoms with Crippen LogP contribution in [0.4, 0.5) is 0 Å². The van der Waals surface area contributed by atoms with Gasteiger partial charge in [0.25, 0.3) is 0 Å². The minimum absolute atomic E-state index is 0.363. The Kier molecular flexibility index (Phi) is 2.86. The van der Waals surface area contributed by atoms with E-state index in [-0.39, 0.29) is 0 Å². The van der Waals surface area contributed by atoms with Crippen LogP contribution in [-0.4, -0.2) is 11.1 Å². The molecule has 0 saturated heterocycles. The van der Waals surface area contributed by atoms with Crippen molar-refractivity contribution in [1.82, 2.24) is 0 Å². The molecule has 2 heteroatoms. The lowest BCUT2D eigenvalue weighted by atomic mass is 9.64. The maximum absolute atomic E-state index is 12.0. The topological polar surface area (TPSA) is 37.3 Å². The molecule has 4 aliphatic rings. The Morgan fingerprint density at radius 3 is 2.29 bits per heavy atom. The van der Waals surface area contributed by atoms with Gasteiger partial charge in [-0.1, -0.05) is 72.8 Å². The summed E-state index contributed by atoms with van der Waals surface area (Å²) < 4.78 is 0. The molecule has 2 aromatic rings. The number of aliphatic carboxylic acids is 1. The predicted octanol–water partition coefficient (Wildman–Crippen LogP) is 5.53. The molecule has 0 aliphatic heterocycles. The Labute approximate surface area is 162 Å². The SMILES string of the molecule is O=C(O)C1=C2C(=Cc3ccccc32)C2(C=CC=C3C2=Cc2ccccc23)C=C1. The fourth-order valence-electron chi connectivity index (χ4n) is 4.94. The number of hydrogen-bond donors (Lipinski definition) is 1. The van der Waals surface area contributed by atoms with Crippen LogP contribution >= 0.6 is 0 Å². The first-order valence-corrected chi connectivity index (χ1v) is 9.39. The summed E-state index contributed by atoms with van der Waals surface area (Å²) in [5.74, 6) is -0.886. The van der Waals surface area contributed by atoms with Crippen LogP contribution in [0.3, 0.4) is 0 Å². The van der Waals surface area contributed by atoms with Gasteiger partial charge in [-0.2, -0.15) is 0 Å². The van der Waals surface area contributed by atoms with Gasteiger partial charge in [0.05, 0.1) is 11.0 Å². The molecule has 2 nitrogen and oxygen atoms in total. The molecule has 132 valence electrons. The van der Waals surface area contributed by atoms with E-state index in [1.807, 2.05) is 18.2 Å². The number of carboxylic acid groups (broad SMARTS) is 1. The average Bonchev–Trinajstić information content (AvgIpc) is 3.29. The highest BCUT2D eigenvalue weighted by atomic mass is 16.4. The van der Waals surface area contributed by atoms with Crippen LogP contribution in [0.1, 0.15) is 22.3 Å². The second kappa shape index (κ2) is 5.20. The summed E-state index contributed by atoms with van der Waals surface area (Å²) in [5.41, 5.74) is 8.77. The normalized spacial score (nSPS) is 22.9. The van der Waals surface area contributed by atoms with E-state index in [9.17, 15) is 9.90 Å². The standard InChI is InChI=1S/C26H16O2/c27-25(28)21-11-13-26(23-15-17-7-2-4-9-19(17)24(21)23)12-5-10-20-18-8-3-1-6-16(18)14-22(20)26/h1-15H,(H,27,28). The number of benzene rings is 2. The highest BCUT2D eigenvalue weighted by Crippen LogP contribution is 2.59. The maximum atomic E-state index is 12.0. The van der Waals surface area contributed by atoms with Gasteiger partial charge in [0.1, 0.15) is 0 Å². The van der Waals surface area contributed by atoms with Crippen molar-refractivity contribution in [2.45, 2.75) is 0 Å². The molecule has 0 amide bonds. The van der Waals surface area contributed by atoms with Crippen LogP contribution in [0.25, 0.3) is 23.3 Å². The van der Waals surface area contributed by atoms with E-state index in [4.69, 9.17) is 0 Å². The lowest BCUT2D eigenvalue weighted by molar-refractivity contribution is -0.132. The third-order valence-electron chi connectivity index (χ3n) is 6.17. The van der Waals surface area contributed by atoms with Gasteiger partial charge >= 0.3 is 5.97 Å². The van der Waals surface area contributed by atoms with Gasteiger partial charge in [-0.15, -0.1) is 0 Å². The molecule has 0 heterocycles. The second-order valence-corrected chi connectivity index (χ2v) is 7.53. The minimum atomic E-state index is -0.886. The number of hydrogen-bond acceptors (Lipinski definition) is 1. The fourth-order valence-corrected chi connectivity index (χ4v) is 4.94. The number of carbonyl (C=O) groups is 1. The molecule has 6 rings (SSSR count). The van der Waals surface area contributed by atoms with E-state index in [0.717, 1.165) is 22.3 Å². The molecule has 0 saturated carbocycles. The smallest absolute Gasteiger partial charge is 0.336 e. The van der Waals surface area contributed by atoms with Crippen LogP contribution in [0.15, 0.2) is 95.6 Å². The third kappa shape index (κ3) is 1.79. The number of rotatable bonds is 1. The maximum Gasteiger partial charge on any atom is 0.336 e. The predicted molar refractivity (Wildman–Crippen MR) is 112 cm³/mol. The van der Waals surface area contributed by atoms with Crippen molar-refractivity contribution < 1.29 is 9.90 Å². The van der Waals surface area contributed by atoms with Gasteiger partial charge in [0.15, 0.2) is 0 Å². The Hall–Kier alpha value is -3.65. The van der Waals surface area contributed by atoms with E-state index in [0.29, 0.717) is 5.57 Å². The molecule has 4 aliphatic carbocycles. The quantitative estimate of drug-likeness (QED) is 0.726. The van der Waals surface area contributed by atoms with E-state index in [2.05, 4.69) is 66.8 Å². The summed E-state index contributed by atoms with van der Waals surface area (Å²) in [6, 6.07) is 16.5. The molecule has 28 heavy (non-hydrogen) atoms. The van der Waals surface area contributed by atoms with Crippen molar-refractivity contribution in [3.63, 3.8) is 0 Å². The van der Waals surface area contributed by atoms with E-state index in [1.54, 1.807) is 6.08 Å². The van der Waals surface area contributed by atoms with Gasteiger partial charge in [0.2, 0.25) is 0 Å². The minimum Gasteiger partial charge on any atom is -0.478 e. The zero-order valence-electron chi connectivity index (χ0n) is 15.0. The van der Waals surface area contributed by atoms with Gasteiger partial charge < -0.3 is 5.11 Å². The first kappa shape index (κ1) is 15.4. The van der Waals surface area contributed by atoms with E-state index >= 15 is 0 Å². The summed E-state index contributed by atoms with van der Waals surface area (Å²) in [7, 11) is 0. The van der Waals surface area contributed by atoms with Crippen molar-refractivity contribution in [3.8, 4) is 0 Å². The number of fused-ring (bicyclic) bond motifs is 8. The van der Waals surface area contributed by atoms with Crippen molar-refractivity contribution in [2.75, 3.05) is 0 Å². The zero-order valence-corrected chi connectivity index (χ0v) is 15.0. The lowest BCUT2D eigenvalue weighted by Crippen LogP contribution is -2.26. The molecular formula is C26H16O2. The molecule has 0 aromatic heterocycles. The summed E-state index contributed by atoms with van der Waals surface area (Å²) in [6.07, 6.45) is 14.7. The summed E-state index contributed by atoms with van der Waals surface area (Å²) >= 11 is 0. The highest BCUT2D eigenvalue weighted by Gasteiger charge is 2.45. The molecule has 0 fully saturated rings. The van der Waals surface area contributed by atoms with Gasteiger partial charge in [-0.25, -0.2) is 4.79 Å². The Morgan fingerprint density at radius 2 is 1.50 bits per heavy atom. The molecule has 1 spiro atoms. The molecule has 0 bridgehead atoms. The Balaban J connectivity index is 1.63. The first-order chi connectivity index (χ1) is 13.7. The van der Waals surface area contributed by atoms with Crippen molar-refractivity contribution >= 4 is 29.3 Å². The van der Waals surface area contributed by atoms with Crippen LogP contribution < -0.4 is 0 Å². The second-order valence-electron chi connectivity index (χ2n) is 7.53. The molecule has 1 N–H and O–H groups in total. The highest BCUT2D eigenvalue weighted by molar-refractivity contribution is 6.12. The first-order valence-electron chi connectivity index (χ1n) is 9.39. The fraction of sp³-hybridized carbons (Fsp3) is 0.0385. The van der Waals surface area contributed by atoms with Crippen LogP contribution in [-0.2, 0) is 4.79 Å². The number of carboxylic acids is 1. The van der Waals surface area contributed by atoms with Crippen molar-refractivity contribution in [2.24, 2.45) is 5.41 Å². The van der Waals surface area contributed by atoms with Gasteiger partial charge in [0, 0.05) is 5.57 Å². The van der Waals surface area contributed by atoms with Crippen LogP contribution in [0.2, 0.25) is 0 Å². The average molecular weight is 360 g/mol. The molecular weight excluding hydrogens is 344 g/mol. The van der Waals surface area contributed by atoms with Gasteiger partial charge in [-0.05, 0) is 57.2 Å².